The monoisotopic (exact) mass is 332 g/mol. The van der Waals surface area contributed by atoms with Crippen LogP contribution in [0.25, 0.3) is 5.69 Å². The second-order valence-corrected chi connectivity index (χ2v) is 5.51. The third-order valence-corrected chi connectivity index (χ3v) is 4.04. The summed E-state index contributed by atoms with van der Waals surface area (Å²) in [7, 11) is 0. The van der Waals surface area contributed by atoms with Crippen LogP contribution in [0.2, 0.25) is 0 Å². The average Bonchev–Trinajstić information content (AvgIpc) is 3.09. The molecule has 1 aromatic heterocycles. The van der Waals surface area contributed by atoms with Gasteiger partial charge in [0.05, 0.1) is 10.5 Å². The number of aromatic nitrogens is 2. The van der Waals surface area contributed by atoms with Gasteiger partial charge in [-0.15, -0.1) is 0 Å². The number of carbonyl (C=O) groups is 1. The minimum atomic E-state index is -0.948. The first kappa shape index (κ1) is 17.6. The number of amides is 1. The molecule has 0 saturated carbocycles. The fraction of sp³-hybridized carbons (Fsp3) is 0.375. The molecule has 0 unspecified atom stereocenters. The van der Waals surface area contributed by atoms with Gasteiger partial charge in [-0.1, -0.05) is 26.0 Å². The van der Waals surface area contributed by atoms with Crippen molar-refractivity contribution in [3.63, 3.8) is 0 Å². The molecule has 0 radical (unpaired) electrons. The summed E-state index contributed by atoms with van der Waals surface area (Å²) in [5, 5.41) is 28.0. The van der Waals surface area contributed by atoms with Gasteiger partial charge in [0, 0.05) is 18.8 Å². The fourth-order valence-corrected chi connectivity index (χ4v) is 2.23. The van der Waals surface area contributed by atoms with E-state index in [1.54, 1.807) is 18.2 Å². The zero-order chi connectivity index (χ0) is 17.7. The quantitative estimate of drug-likeness (QED) is 0.595. The van der Waals surface area contributed by atoms with E-state index in [1.807, 2.05) is 13.8 Å². The van der Waals surface area contributed by atoms with Gasteiger partial charge in [-0.2, -0.15) is 5.10 Å². The maximum absolute atomic E-state index is 12.2. The van der Waals surface area contributed by atoms with Gasteiger partial charge in [0.1, 0.15) is 5.69 Å². The number of nitro benzene ring substituents is 1. The summed E-state index contributed by atoms with van der Waals surface area (Å²) in [6.45, 7) is 3.81. The molecular weight excluding hydrogens is 312 g/mol. The van der Waals surface area contributed by atoms with E-state index < -0.39 is 16.4 Å². The highest BCUT2D eigenvalue weighted by atomic mass is 16.6. The summed E-state index contributed by atoms with van der Waals surface area (Å²) in [5.41, 5.74) is -0.641. The number of benzene rings is 1. The number of rotatable bonds is 7. The number of nitrogens with zero attached hydrogens (tertiary/aromatic N) is 3. The minimum absolute atomic E-state index is 0.0982. The number of para-hydroxylation sites is 2. The number of carbonyl (C=O) groups excluding carboxylic acids is 1. The molecule has 0 aliphatic heterocycles. The molecule has 2 rings (SSSR count). The third-order valence-electron chi connectivity index (χ3n) is 4.04. The lowest BCUT2D eigenvalue weighted by atomic mass is 9.97. The van der Waals surface area contributed by atoms with Crippen LogP contribution in [0.15, 0.2) is 36.5 Å². The molecule has 0 bridgehead atoms. The molecule has 0 atom stereocenters. The topological polar surface area (TPSA) is 110 Å². The van der Waals surface area contributed by atoms with E-state index in [0.717, 1.165) is 0 Å². The van der Waals surface area contributed by atoms with E-state index in [1.165, 1.54) is 23.0 Å². The molecule has 0 spiro atoms. The van der Waals surface area contributed by atoms with Crippen LogP contribution in [0.4, 0.5) is 5.69 Å². The van der Waals surface area contributed by atoms with Crippen molar-refractivity contribution >= 4 is 11.6 Å². The molecule has 0 saturated heterocycles. The summed E-state index contributed by atoms with van der Waals surface area (Å²) in [5.74, 6) is -0.437. The van der Waals surface area contributed by atoms with Crippen molar-refractivity contribution in [1.82, 2.24) is 15.1 Å². The minimum Gasteiger partial charge on any atom is -0.388 e. The molecule has 8 heteroatoms. The Bertz CT molecular complexity index is 737. The Hall–Kier alpha value is -2.74. The number of nitro groups is 1. The van der Waals surface area contributed by atoms with E-state index in [4.69, 9.17) is 0 Å². The highest BCUT2D eigenvalue weighted by molar-refractivity contribution is 5.92. The highest BCUT2D eigenvalue weighted by Crippen LogP contribution is 2.21. The molecule has 128 valence electrons. The van der Waals surface area contributed by atoms with E-state index in [0.29, 0.717) is 12.8 Å². The fourth-order valence-electron chi connectivity index (χ4n) is 2.23. The normalized spacial score (nSPS) is 11.3. The van der Waals surface area contributed by atoms with Crippen LogP contribution in [-0.2, 0) is 0 Å². The highest BCUT2D eigenvalue weighted by Gasteiger charge is 2.24. The van der Waals surface area contributed by atoms with E-state index in [9.17, 15) is 20.0 Å². The van der Waals surface area contributed by atoms with Gasteiger partial charge in [0.25, 0.3) is 11.6 Å². The van der Waals surface area contributed by atoms with Crippen molar-refractivity contribution in [3.05, 3.63) is 52.3 Å². The summed E-state index contributed by atoms with van der Waals surface area (Å²) in [4.78, 5) is 22.7. The van der Waals surface area contributed by atoms with Gasteiger partial charge < -0.3 is 10.4 Å². The van der Waals surface area contributed by atoms with Gasteiger partial charge in [-0.25, -0.2) is 4.68 Å². The lowest BCUT2D eigenvalue weighted by Crippen LogP contribution is -2.42. The first-order valence-corrected chi connectivity index (χ1v) is 7.70. The second-order valence-electron chi connectivity index (χ2n) is 5.51. The molecule has 24 heavy (non-hydrogen) atoms. The van der Waals surface area contributed by atoms with E-state index >= 15 is 0 Å². The van der Waals surface area contributed by atoms with Crippen molar-refractivity contribution in [2.24, 2.45) is 0 Å². The van der Waals surface area contributed by atoms with Gasteiger partial charge >= 0.3 is 0 Å². The maximum Gasteiger partial charge on any atom is 0.294 e. The van der Waals surface area contributed by atoms with Crippen LogP contribution in [-0.4, -0.2) is 37.9 Å². The Labute approximate surface area is 139 Å². The van der Waals surface area contributed by atoms with Gasteiger partial charge in [0.15, 0.2) is 5.69 Å². The molecule has 1 amide bonds. The molecule has 1 heterocycles. The van der Waals surface area contributed by atoms with Crippen LogP contribution in [0, 0.1) is 10.1 Å². The first-order valence-electron chi connectivity index (χ1n) is 7.70. The Kier molecular flexibility index (Phi) is 5.30. The molecule has 2 N–H and O–H groups in total. The molecule has 0 aliphatic rings. The smallest absolute Gasteiger partial charge is 0.294 e. The van der Waals surface area contributed by atoms with Crippen LogP contribution in [0.3, 0.4) is 0 Å². The van der Waals surface area contributed by atoms with Crippen molar-refractivity contribution in [3.8, 4) is 5.69 Å². The lowest BCUT2D eigenvalue weighted by Gasteiger charge is -2.25. The molecule has 8 nitrogen and oxygen atoms in total. The van der Waals surface area contributed by atoms with Crippen LogP contribution < -0.4 is 5.32 Å². The third kappa shape index (κ3) is 3.77. The summed E-state index contributed by atoms with van der Waals surface area (Å²) in [6, 6.07) is 7.63. The van der Waals surface area contributed by atoms with Crippen molar-refractivity contribution in [2.45, 2.75) is 32.3 Å². The summed E-state index contributed by atoms with van der Waals surface area (Å²) >= 11 is 0. The predicted octanol–water partition coefficient (Wildman–Crippen LogP) is 2.06. The number of nitrogens with one attached hydrogen (secondary N) is 1. The van der Waals surface area contributed by atoms with Gasteiger partial charge in [-0.05, 0) is 25.0 Å². The first-order chi connectivity index (χ1) is 11.4. The SMILES string of the molecule is CCC(O)(CC)CNC(=O)c1ccn(-c2ccccc2[N+](=O)[O-])n1. The number of aliphatic hydroxyl groups is 1. The van der Waals surface area contributed by atoms with E-state index in [-0.39, 0.29) is 23.6 Å². The molecule has 0 fully saturated rings. The second kappa shape index (κ2) is 7.22. The zero-order valence-corrected chi connectivity index (χ0v) is 13.6. The van der Waals surface area contributed by atoms with Crippen LogP contribution >= 0.6 is 0 Å². The van der Waals surface area contributed by atoms with Crippen LogP contribution in [0.1, 0.15) is 37.2 Å². The van der Waals surface area contributed by atoms with Crippen molar-refractivity contribution in [1.29, 1.82) is 0 Å². The Morgan fingerprint density at radius 1 is 1.33 bits per heavy atom. The maximum atomic E-state index is 12.2. The lowest BCUT2D eigenvalue weighted by molar-refractivity contribution is -0.384. The van der Waals surface area contributed by atoms with Crippen molar-refractivity contribution < 1.29 is 14.8 Å². The van der Waals surface area contributed by atoms with Crippen LogP contribution in [0.5, 0.6) is 0 Å². The average molecular weight is 332 g/mol. The van der Waals surface area contributed by atoms with Gasteiger partial charge in [-0.3, -0.25) is 14.9 Å². The standard InChI is InChI=1S/C16H20N4O4/c1-3-16(22,4-2)11-17-15(21)12-9-10-19(18-12)13-7-5-6-8-14(13)20(23)24/h5-10,22H,3-4,11H2,1-2H3,(H,17,21). The number of hydrogen-bond acceptors (Lipinski definition) is 5. The summed E-state index contributed by atoms with van der Waals surface area (Å²) in [6.07, 6.45) is 2.53. The Morgan fingerprint density at radius 2 is 2.00 bits per heavy atom. The zero-order valence-electron chi connectivity index (χ0n) is 13.6. The summed E-state index contributed by atoms with van der Waals surface area (Å²) < 4.78 is 1.29. The number of hydrogen-bond donors (Lipinski definition) is 2. The predicted molar refractivity (Wildman–Crippen MR) is 88.1 cm³/mol. The van der Waals surface area contributed by atoms with Crippen molar-refractivity contribution in [2.75, 3.05) is 6.54 Å². The molecule has 1 aromatic carbocycles. The molecule has 0 aliphatic carbocycles. The largest absolute Gasteiger partial charge is 0.388 e. The Morgan fingerprint density at radius 3 is 2.62 bits per heavy atom. The Balaban J connectivity index is 2.17. The molecule has 2 aromatic rings. The molecular formula is C16H20N4O4. The van der Waals surface area contributed by atoms with E-state index in [2.05, 4.69) is 10.4 Å². The van der Waals surface area contributed by atoms with Gasteiger partial charge in [0.2, 0.25) is 0 Å².